The molecule has 92 valence electrons. The minimum absolute atomic E-state index is 0.474. The van der Waals surface area contributed by atoms with E-state index >= 15 is 0 Å². The molecule has 3 heteroatoms. The zero-order valence-electron chi connectivity index (χ0n) is 10.4. The summed E-state index contributed by atoms with van der Waals surface area (Å²) in [6.45, 7) is 2.06. The lowest BCUT2D eigenvalue weighted by Gasteiger charge is -2.20. The number of benzene rings is 2. The van der Waals surface area contributed by atoms with Crippen molar-refractivity contribution in [3.05, 3.63) is 58.6 Å². The molecule has 0 atom stereocenters. The predicted octanol–water partition coefficient (Wildman–Crippen LogP) is 4.23. The summed E-state index contributed by atoms with van der Waals surface area (Å²) in [6.07, 6.45) is 0.762. The normalized spacial score (nSPS) is 10.2. The van der Waals surface area contributed by atoms with Crippen molar-refractivity contribution in [3.63, 3.8) is 0 Å². The Labute approximate surface area is 112 Å². The summed E-state index contributed by atoms with van der Waals surface area (Å²) in [5.74, 6) is 0. The van der Waals surface area contributed by atoms with E-state index in [0.717, 1.165) is 17.7 Å². The van der Waals surface area contributed by atoms with Gasteiger partial charge < -0.3 is 4.90 Å². The van der Waals surface area contributed by atoms with Gasteiger partial charge in [-0.05, 0) is 37.3 Å². The number of carbonyl (C=O) groups excluding carboxylic acids is 1. The van der Waals surface area contributed by atoms with E-state index in [2.05, 4.69) is 31.2 Å². The molecule has 0 spiro atoms. The highest BCUT2D eigenvalue weighted by Crippen LogP contribution is 2.27. The largest absolute Gasteiger partial charge is 0.345 e. The molecule has 0 saturated carbocycles. The third-order valence-electron chi connectivity index (χ3n) is 2.92. The third kappa shape index (κ3) is 2.54. The zero-order valence-corrected chi connectivity index (χ0v) is 11.1. The van der Waals surface area contributed by atoms with Crippen LogP contribution in [0.25, 0.3) is 0 Å². The maximum atomic E-state index is 10.7. The molecule has 0 heterocycles. The third-order valence-corrected chi connectivity index (χ3v) is 3.25. The van der Waals surface area contributed by atoms with E-state index in [0.29, 0.717) is 10.6 Å². The Morgan fingerprint density at radius 3 is 2.22 bits per heavy atom. The van der Waals surface area contributed by atoms with E-state index in [-0.39, 0.29) is 0 Å². The number of hydrogen-bond acceptors (Lipinski definition) is 2. The second kappa shape index (κ2) is 5.23. The average Bonchev–Trinajstić information content (AvgIpc) is 2.38. The van der Waals surface area contributed by atoms with Gasteiger partial charge in [-0.2, -0.15) is 0 Å². The summed E-state index contributed by atoms with van der Waals surface area (Å²) >= 11 is 6.03. The average molecular weight is 260 g/mol. The molecule has 0 radical (unpaired) electrons. The van der Waals surface area contributed by atoms with Crippen LogP contribution >= 0.6 is 11.6 Å². The van der Waals surface area contributed by atoms with Gasteiger partial charge >= 0.3 is 0 Å². The van der Waals surface area contributed by atoms with Gasteiger partial charge in [-0.15, -0.1) is 0 Å². The SMILES string of the molecule is Cc1ccc(N(C)c2ccc(C=O)c(Cl)c2)cc1. The molecule has 0 aliphatic carbocycles. The van der Waals surface area contributed by atoms with Crippen LogP contribution < -0.4 is 4.90 Å². The molecular weight excluding hydrogens is 246 g/mol. The maximum Gasteiger partial charge on any atom is 0.151 e. The summed E-state index contributed by atoms with van der Waals surface area (Å²) in [5, 5.41) is 0.474. The molecule has 0 aliphatic heterocycles. The van der Waals surface area contributed by atoms with E-state index in [1.165, 1.54) is 5.56 Å². The number of aryl methyl sites for hydroxylation is 1. The lowest BCUT2D eigenvalue weighted by atomic mass is 10.2. The maximum absolute atomic E-state index is 10.7. The van der Waals surface area contributed by atoms with Gasteiger partial charge in [0.15, 0.2) is 6.29 Å². The quantitative estimate of drug-likeness (QED) is 0.769. The van der Waals surface area contributed by atoms with Crippen molar-refractivity contribution in [1.29, 1.82) is 0 Å². The molecule has 0 fully saturated rings. The van der Waals surface area contributed by atoms with Crippen LogP contribution in [0.15, 0.2) is 42.5 Å². The lowest BCUT2D eigenvalue weighted by molar-refractivity contribution is 0.112. The van der Waals surface area contributed by atoms with Gasteiger partial charge in [-0.25, -0.2) is 0 Å². The molecule has 2 aromatic carbocycles. The van der Waals surface area contributed by atoms with Crippen molar-refractivity contribution >= 4 is 29.3 Å². The fraction of sp³-hybridized carbons (Fsp3) is 0.133. The van der Waals surface area contributed by atoms with E-state index in [1.807, 2.05) is 18.0 Å². The molecule has 0 saturated heterocycles. The van der Waals surface area contributed by atoms with Crippen molar-refractivity contribution in [1.82, 2.24) is 0 Å². The lowest BCUT2D eigenvalue weighted by Crippen LogP contribution is -2.09. The first kappa shape index (κ1) is 12.7. The Kier molecular flexibility index (Phi) is 3.68. The number of hydrogen-bond donors (Lipinski definition) is 0. The number of halogens is 1. The van der Waals surface area contributed by atoms with Crippen LogP contribution in [0.5, 0.6) is 0 Å². The summed E-state index contributed by atoms with van der Waals surface area (Å²) < 4.78 is 0. The van der Waals surface area contributed by atoms with Crippen LogP contribution in [-0.4, -0.2) is 13.3 Å². The predicted molar refractivity (Wildman–Crippen MR) is 76.1 cm³/mol. The van der Waals surface area contributed by atoms with Gasteiger partial charge in [0.05, 0.1) is 5.02 Å². The molecule has 0 bridgehead atoms. The van der Waals surface area contributed by atoms with Crippen LogP contribution in [-0.2, 0) is 0 Å². The highest BCUT2D eigenvalue weighted by Gasteiger charge is 2.06. The van der Waals surface area contributed by atoms with Crippen molar-refractivity contribution in [2.24, 2.45) is 0 Å². The smallest absolute Gasteiger partial charge is 0.151 e. The fourth-order valence-corrected chi connectivity index (χ4v) is 1.96. The Morgan fingerprint density at radius 1 is 1.06 bits per heavy atom. The Bertz CT molecular complexity index is 563. The Balaban J connectivity index is 2.33. The van der Waals surface area contributed by atoms with Crippen LogP contribution in [0.2, 0.25) is 5.02 Å². The molecule has 0 N–H and O–H groups in total. The summed E-state index contributed by atoms with van der Waals surface area (Å²) in [4.78, 5) is 12.7. The fourth-order valence-electron chi connectivity index (χ4n) is 1.74. The summed E-state index contributed by atoms with van der Waals surface area (Å²) in [5.41, 5.74) is 3.77. The highest BCUT2D eigenvalue weighted by molar-refractivity contribution is 6.33. The molecular formula is C15H14ClNO. The summed E-state index contributed by atoms with van der Waals surface area (Å²) in [6, 6.07) is 13.6. The molecule has 0 aliphatic rings. The molecule has 2 aromatic rings. The minimum Gasteiger partial charge on any atom is -0.345 e. The monoisotopic (exact) mass is 259 g/mol. The first-order valence-corrected chi connectivity index (χ1v) is 6.05. The van der Waals surface area contributed by atoms with E-state index in [9.17, 15) is 4.79 Å². The second-order valence-corrected chi connectivity index (χ2v) is 4.63. The number of anilines is 2. The topological polar surface area (TPSA) is 20.3 Å². The van der Waals surface area contributed by atoms with Gasteiger partial charge in [0.1, 0.15) is 0 Å². The minimum atomic E-state index is 0.474. The van der Waals surface area contributed by atoms with Gasteiger partial charge in [0.25, 0.3) is 0 Å². The first-order valence-electron chi connectivity index (χ1n) is 5.67. The van der Waals surface area contributed by atoms with Crippen molar-refractivity contribution < 1.29 is 4.79 Å². The number of nitrogens with zero attached hydrogens (tertiary/aromatic N) is 1. The van der Waals surface area contributed by atoms with Crippen LogP contribution in [0.4, 0.5) is 11.4 Å². The Hall–Kier alpha value is -1.80. The molecule has 18 heavy (non-hydrogen) atoms. The molecule has 0 amide bonds. The summed E-state index contributed by atoms with van der Waals surface area (Å²) in [7, 11) is 1.97. The standard InChI is InChI=1S/C15H14ClNO/c1-11-3-6-13(7-4-11)17(2)14-8-5-12(10-18)15(16)9-14/h3-10H,1-2H3. The van der Waals surface area contributed by atoms with Crippen LogP contribution in [0.1, 0.15) is 15.9 Å². The van der Waals surface area contributed by atoms with E-state index in [4.69, 9.17) is 11.6 Å². The molecule has 2 rings (SSSR count). The van der Waals surface area contributed by atoms with Gasteiger partial charge in [0.2, 0.25) is 0 Å². The first-order chi connectivity index (χ1) is 8.61. The number of aldehydes is 1. The van der Waals surface area contributed by atoms with Crippen LogP contribution in [0, 0.1) is 6.92 Å². The van der Waals surface area contributed by atoms with Gasteiger partial charge in [-0.3, -0.25) is 4.79 Å². The molecule has 2 nitrogen and oxygen atoms in total. The van der Waals surface area contributed by atoms with Crippen molar-refractivity contribution in [2.45, 2.75) is 6.92 Å². The van der Waals surface area contributed by atoms with Crippen molar-refractivity contribution in [2.75, 3.05) is 11.9 Å². The van der Waals surface area contributed by atoms with E-state index < -0.39 is 0 Å². The zero-order chi connectivity index (χ0) is 13.1. The van der Waals surface area contributed by atoms with E-state index in [1.54, 1.807) is 12.1 Å². The van der Waals surface area contributed by atoms with Crippen LogP contribution in [0.3, 0.4) is 0 Å². The number of carbonyl (C=O) groups is 1. The van der Waals surface area contributed by atoms with Crippen molar-refractivity contribution in [3.8, 4) is 0 Å². The second-order valence-electron chi connectivity index (χ2n) is 4.22. The highest BCUT2D eigenvalue weighted by atomic mass is 35.5. The van der Waals surface area contributed by atoms with Gasteiger partial charge in [0, 0.05) is 24.0 Å². The Morgan fingerprint density at radius 2 is 1.67 bits per heavy atom. The number of rotatable bonds is 3. The molecule has 0 unspecified atom stereocenters. The van der Waals surface area contributed by atoms with Gasteiger partial charge in [-0.1, -0.05) is 29.3 Å². The molecule has 0 aromatic heterocycles.